The smallest absolute Gasteiger partial charge is 0.119 e. The molecule has 0 amide bonds. The lowest BCUT2D eigenvalue weighted by atomic mass is 10.1. The van der Waals surface area contributed by atoms with Crippen LogP contribution in [0.2, 0.25) is 0 Å². The van der Waals surface area contributed by atoms with Crippen LogP contribution in [0.25, 0.3) is 0 Å². The number of rotatable bonds is 9. The number of ether oxygens (including phenoxy) is 1. The Labute approximate surface area is 118 Å². The van der Waals surface area contributed by atoms with E-state index in [0.29, 0.717) is 6.04 Å². The summed E-state index contributed by atoms with van der Waals surface area (Å²) in [5.74, 6) is 0.974. The van der Waals surface area contributed by atoms with E-state index in [1.54, 1.807) is 0 Å². The average molecular weight is 264 g/mol. The number of hydrogen-bond acceptors (Lipinski definition) is 3. The summed E-state index contributed by atoms with van der Waals surface area (Å²) in [6.45, 7) is 7.27. The molecular formula is C16H28N2O. The first-order valence-electron chi connectivity index (χ1n) is 7.24. The van der Waals surface area contributed by atoms with Crippen molar-refractivity contribution in [3.63, 3.8) is 0 Å². The van der Waals surface area contributed by atoms with Crippen molar-refractivity contribution < 1.29 is 4.74 Å². The number of hydrogen-bond donors (Lipinski definition) is 1. The standard InChI is InChI=1S/C16H28N2O/c1-5-10-17-14(2)15-8-6-9-16(13-15)19-12-7-11-18(3)4/h6,8-9,13-14,17H,5,7,10-12H2,1-4H3. The minimum atomic E-state index is 0.380. The zero-order valence-electron chi connectivity index (χ0n) is 12.8. The fourth-order valence-electron chi connectivity index (χ4n) is 1.92. The Balaban J connectivity index is 2.43. The van der Waals surface area contributed by atoms with Gasteiger partial charge in [0.05, 0.1) is 6.61 Å². The molecule has 0 radical (unpaired) electrons. The van der Waals surface area contributed by atoms with Gasteiger partial charge in [0.25, 0.3) is 0 Å². The summed E-state index contributed by atoms with van der Waals surface area (Å²) in [5.41, 5.74) is 1.29. The molecule has 0 spiro atoms. The zero-order valence-corrected chi connectivity index (χ0v) is 12.8. The van der Waals surface area contributed by atoms with E-state index < -0.39 is 0 Å². The monoisotopic (exact) mass is 264 g/mol. The first-order chi connectivity index (χ1) is 9.13. The second-order valence-corrected chi connectivity index (χ2v) is 5.25. The molecule has 108 valence electrons. The van der Waals surface area contributed by atoms with Gasteiger partial charge in [0.15, 0.2) is 0 Å². The Morgan fingerprint density at radius 2 is 2.11 bits per heavy atom. The van der Waals surface area contributed by atoms with E-state index in [1.165, 1.54) is 5.56 Å². The van der Waals surface area contributed by atoms with Crippen LogP contribution in [0, 0.1) is 0 Å². The molecule has 0 heterocycles. The molecule has 0 fully saturated rings. The molecule has 3 nitrogen and oxygen atoms in total. The summed E-state index contributed by atoms with van der Waals surface area (Å²) in [6.07, 6.45) is 2.21. The first-order valence-corrected chi connectivity index (χ1v) is 7.24. The van der Waals surface area contributed by atoms with Crippen molar-refractivity contribution in [1.82, 2.24) is 10.2 Å². The van der Waals surface area contributed by atoms with Gasteiger partial charge in [-0.1, -0.05) is 19.1 Å². The average Bonchev–Trinajstić information content (AvgIpc) is 2.41. The SMILES string of the molecule is CCCNC(C)c1cccc(OCCCN(C)C)c1. The Bertz CT molecular complexity index is 352. The largest absolute Gasteiger partial charge is 0.494 e. The molecular weight excluding hydrogens is 236 g/mol. The molecule has 1 N–H and O–H groups in total. The molecule has 19 heavy (non-hydrogen) atoms. The molecule has 3 heteroatoms. The Hall–Kier alpha value is -1.06. The number of benzene rings is 1. The maximum absolute atomic E-state index is 5.80. The van der Waals surface area contributed by atoms with E-state index in [9.17, 15) is 0 Å². The molecule has 1 aromatic carbocycles. The van der Waals surface area contributed by atoms with E-state index in [0.717, 1.165) is 38.3 Å². The van der Waals surface area contributed by atoms with Crippen molar-refractivity contribution in [2.45, 2.75) is 32.7 Å². The zero-order chi connectivity index (χ0) is 14.1. The van der Waals surface area contributed by atoms with Gasteiger partial charge in [0.1, 0.15) is 5.75 Å². The summed E-state index contributed by atoms with van der Waals surface area (Å²) < 4.78 is 5.80. The van der Waals surface area contributed by atoms with Gasteiger partial charge in [-0.05, 0) is 58.1 Å². The highest BCUT2D eigenvalue weighted by atomic mass is 16.5. The third kappa shape index (κ3) is 6.60. The fraction of sp³-hybridized carbons (Fsp3) is 0.625. The molecule has 0 bridgehead atoms. The second kappa shape index (κ2) is 8.94. The lowest BCUT2D eigenvalue weighted by Gasteiger charge is -2.15. The lowest BCUT2D eigenvalue weighted by molar-refractivity contribution is 0.281. The van der Waals surface area contributed by atoms with Gasteiger partial charge in [-0.15, -0.1) is 0 Å². The topological polar surface area (TPSA) is 24.5 Å². The normalized spacial score (nSPS) is 12.7. The molecule has 1 atom stereocenters. The van der Waals surface area contributed by atoms with Crippen molar-refractivity contribution in [3.05, 3.63) is 29.8 Å². The van der Waals surface area contributed by atoms with Gasteiger partial charge < -0.3 is 15.0 Å². The molecule has 0 saturated heterocycles. The minimum absolute atomic E-state index is 0.380. The van der Waals surface area contributed by atoms with Gasteiger partial charge >= 0.3 is 0 Å². The van der Waals surface area contributed by atoms with Crippen LogP contribution in [0.4, 0.5) is 0 Å². The van der Waals surface area contributed by atoms with Crippen LogP contribution in [-0.4, -0.2) is 38.7 Å². The van der Waals surface area contributed by atoms with Crippen molar-refractivity contribution >= 4 is 0 Å². The predicted octanol–water partition coefficient (Wildman–Crippen LogP) is 3.08. The summed E-state index contributed by atoms with van der Waals surface area (Å²) >= 11 is 0. The van der Waals surface area contributed by atoms with E-state index in [-0.39, 0.29) is 0 Å². The maximum Gasteiger partial charge on any atom is 0.119 e. The van der Waals surface area contributed by atoms with Crippen molar-refractivity contribution in [2.75, 3.05) is 33.8 Å². The van der Waals surface area contributed by atoms with E-state index in [1.807, 2.05) is 6.07 Å². The summed E-state index contributed by atoms with van der Waals surface area (Å²) in [5, 5.41) is 3.50. The van der Waals surface area contributed by atoms with Gasteiger partial charge in [-0.3, -0.25) is 0 Å². The highest BCUT2D eigenvalue weighted by Crippen LogP contribution is 2.19. The van der Waals surface area contributed by atoms with Gasteiger partial charge in [-0.25, -0.2) is 0 Å². The van der Waals surface area contributed by atoms with E-state index in [4.69, 9.17) is 4.74 Å². The predicted molar refractivity (Wildman–Crippen MR) is 81.8 cm³/mol. The number of nitrogens with one attached hydrogen (secondary N) is 1. The molecule has 1 unspecified atom stereocenters. The highest BCUT2D eigenvalue weighted by molar-refractivity contribution is 5.30. The molecule has 0 aliphatic rings. The molecule has 0 saturated carbocycles. The third-order valence-electron chi connectivity index (χ3n) is 3.08. The van der Waals surface area contributed by atoms with Crippen molar-refractivity contribution in [2.24, 2.45) is 0 Å². The third-order valence-corrected chi connectivity index (χ3v) is 3.08. The van der Waals surface area contributed by atoms with Gasteiger partial charge in [-0.2, -0.15) is 0 Å². The van der Waals surface area contributed by atoms with Crippen LogP contribution in [0.5, 0.6) is 5.75 Å². The molecule has 1 rings (SSSR count). The highest BCUT2D eigenvalue weighted by Gasteiger charge is 2.05. The molecule has 0 aromatic heterocycles. The van der Waals surface area contributed by atoms with Gasteiger partial charge in [0.2, 0.25) is 0 Å². The summed E-state index contributed by atoms with van der Waals surface area (Å²) in [7, 11) is 4.17. The van der Waals surface area contributed by atoms with Crippen LogP contribution < -0.4 is 10.1 Å². The van der Waals surface area contributed by atoms with Crippen molar-refractivity contribution in [1.29, 1.82) is 0 Å². The molecule has 1 aromatic rings. The fourth-order valence-corrected chi connectivity index (χ4v) is 1.92. The quantitative estimate of drug-likeness (QED) is 0.694. The van der Waals surface area contributed by atoms with Crippen LogP contribution >= 0.6 is 0 Å². The Kier molecular flexibility index (Phi) is 7.53. The lowest BCUT2D eigenvalue weighted by Crippen LogP contribution is -2.19. The maximum atomic E-state index is 5.80. The number of nitrogens with zero attached hydrogens (tertiary/aromatic N) is 1. The van der Waals surface area contributed by atoms with Crippen LogP contribution in [0.3, 0.4) is 0 Å². The summed E-state index contributed by atoms with van der Waals surface area (Å²) in [4.78, 5) is 2.18. The molecule has 0 aliphatic carbocycles. The molecule has 0 aliphatic heterocycles. The second-order valence-electron chi connectivity index (χ2n) is 5.25. The Morgan fingerprint density at radius 3 is 2.79 bits per heavy atom. The van der Waals surface area contributed by atoms with Crippen LogP contribution in [0.15, 0.2) is 24.3 Å². The van der Waals surface area contributed by atoms with Crippen molar-refractivity contribution in [3.8, 4) is 5.75 Å². The first kappa shape index (κ1) is 16.0. The van der Waals surface area contributed by atoms with E-state index >= 15 is 0 Å². The van der Waals surface area contributed by atoms with Gasteiger partial charge in [0, 0.05) is 12.6 Å². The summed E-state index contributed by atoms with van der Waals surface area (Å²) in [6, 6.07) is 8.78. The minimum Gasteiger partial charge on any atom is -0.494 e. The van der Waals surface area contributed by atoms with E-state index in [2.05, 4.69) is 56.4 Å². The van der Waals surface area contributed by atoms with Crippen LogP contribution in [0.1, 0.15) is 38.3 Å². The Morgan fingerprint density at radius 1 is 1.32 bits per heavy atom. The van der Waals surface area contributed by atoms with Crippen LogP contribution in [-0.2, 0) is 0 Å².